The van der Waals surface area contributed by atoms with E-state index in [1.54, 1.807) is 12.1 Å². The van der Waals surface area contributed by atoms with Crippen molar-refractivity contribution in [3.8, 4) is 11.3 Å². The summed E-state index contributed by atoms with van der Waals surface area (Å²) in [4.78, 5) is 11.4. The fourth-order valence-corrected chi connectivity index (χ4v) is 2.39. The van der Waals surface area contributed by atoms with Gasteiger partial charge in [-0.2, -0.15) is 0 Å². The van der Waals surface area contributed by atoms with Crippen molar-refractivity contribution in [3.05, 3.63) is 52.2 Å². The molecule has 1 amide bonds. The fraction of sp³-hybridized carbons (Fsp3) is 0.0667. The number of carbonyl (C=O) groups excluding carboxylic acids is 1. The molecule has 0 aliphatic rings. The Morgan fingerprint density at radius 1 is 1.38 bits per heavy atom. The Balaban J connectivity index is 2.16. The Morgan fingerprint density at radius 2 is 2.14 bits per heavy atom. The number of halogens is 1. The monoisotopic (exact) mass is 364 g/mol. The standard InChI is InChI=1S/C15H13BrN2O2S/c1-9-8-10(16)2-5-12(9)13-6-3-11(20-13)4-7-14(19)18-15(17)21/h2-8H,1H3,(H3,17,18,19,21)/b7-4+. The van der Waals surface area contributed by atoms with E-state index in [2.05, 4.69) is 33.5 Å². The van der Waals surface area contributed by atoms with Crippen LogP contribution < -0.4 is 11.1 Å². The molecule has 108 valence electrons. The van der Waals surface area contributed by atoms with E-state index in [0.717, 1.165) is 21.4 Å². The summed E-state index contributed by atoms with van der Waals surface area (Å²) in [6, 6.07) is 9.60. The quantitative estimate of drug-likeness (QED) is 0.646. The molecule has 1 aromatic carbocycles. The van der Waals surface area contributed by atoms with Gasteiger partial charge in [0.1, 0.15) is 11.5 Å². The largest absolute Gasteiger partial charge is 0.457 e. The van der Waals surface area contributed by atoms with Crippen molar-refractivity contribution in [1.29, 1.82) is 0 Å². The molecule has 0 saturated carbocycles. The predicted octanol–water partition coefficient (Wildman–Crippen LogP) is 3.39. The molecule has 0 aliphatic carbocycles. The highest BCUT2D eigenvalue weighted by Gasteiger charge is 2.07. The van der Waals surface area contributed by atoms with Crippen LogP contribution in [-0.4, -0.2) is 11.0 Å². The second kappa shape index (κ2) is 6.69. The minimum atomic E-state index is -0.389. The van der Waals surface area contributed by atoms with Crippen molar-refractivity contribution in [3.63, 3.8) is 0 Å². The fourth-order valence-electron chi connectivity index (χ4n) is 1.81. The molecule has 0 fully saturated rings. The molecule has 0 radical (unpaired) electrons. The summed E-state index contributed by atoms with van der Waals surface area (Å²) in [5, 5.41) is 2.24. The van der Waals surface area contributed by atoms with E-state index in [9.17, 15) is 4.79 Å². The SMILES string of the molecule is Cc1cc(Br)ccc1-c1ccc(/C=C/C(=O)NC(N)=S)o1. The van der Waals surface area contributed by atoms with Gasteiger partial charge in [0.2, 0.25) is 5.91 Å². The summed E-state index contributed by atoms with van der Waals surface area (Å²) in [6.07, 6.45) is 2.88. The number of benzene rings is 1. The molecule has 2 aromatic rings. The molecule has 1 aromatic heterocycles. The zero-order chi connectivity index (χ0) is 15.4. The molecule has 3 N–H and O–H groups in total. The summed E-state index contributed by atoms with van der Waals surface area (Å²) in [7, 11) is 0. The van der Waals surface area contributed by atoms with Gasteiger partial charge in [0.25, 0.3) is 0 Å². The lowest BCUT2D eigenvalue weighted by molar-refractivity contribution is -0.115. The molecular weight excluding hydrogens is 352 g/mol. The number of furan rings is 1. The molecule has 21 heavy (non-hydrogen) atoms. The van der Waals surface area contributed by atoms with Crippen LogP contribution in [0.15, 0.2) is 45.3 Å². The van der Waals surface area contributed by atoms with Gasteiger partial charge >= 0.3 is 0 Å². The topological polar surface area (TPSA) is 68.3 Å². The molecule has 0 saturated heterocycles. The molecule has 2 rings (SSSR count). The van der Waals surface area contributed by atoms with Crippen LogP contribution in [0.25, 0.3) is 17.4 Å². The Labute approximate surface area is 136 Å². The zero-order valence-corrected chi connectivity index (χ0v) is 13.6. The maximum atomic E-state index is 11.4. The van der Waals surface area contributed by atoms with Crippen molar-refractivity contribution in [2.75, 3.05) is 0 Å². The molecule has 6 heteroatoms. The van der Waals surface area contributed by atoms with Gasteiger partial charge in [-0.25, -0.2) is 0 Å². The lowest BCUT2D eigenvalue weighted by Crippen LogP contribution is -2.33. The number of carbonyl (C=O) groups is 1. The highest BCUT2D eigenvalue weighted by molar-refractivity contribution is 9.10. The van der Waals surface area contributed by atoms with E-state index in [-0.39, 0.29) is 11.0 Å². The first kappa shape index (κ1) is 15.5. The summed E-state index contributed by atoms with van der Waals surface area (Å²) >= 11 is 8.01. The summed E-state index contributed by atoms with van der Waals surface area (Å²) < 4.78 is 6.72. The Kier molecular flexibility index (Phi) is 4.93. The van der Waals surface area contributed by atoms with Gasteiger partial charge in [0.15, 0.2) is 5.11 Å². The highest BCUT2D eigenvalue weighted by atomic mass is 79.9. The lowest BCUT2D eigenvalue weighted by Gasteiger charge is -2.02. The highest BCUT2D eigenvalue weighted by Crippen LogP contribution is 2.28. The molecule has 1 heterocycles. The van der Waals surface area contributed by atoms with Gasteiger partial charge in [0.05, 0.1) is 0 Å². The van der Waals surface area contributed by atoms with Crippen molar-refractivity contribution < 1.29 is 9.21 Å². The second-order valence-electron chi connectivity index (χ2n) is 4.35. The van der Waals surface area contributed by atoms with Crippen molar-refractivity contribution in [2.45, 2.75) is 6.92 Å². The number of aryl methyl sites for hydroxylation is 1. The Bertz CT molecular complexity index is 722. The van der Waals surface area contributed by atoms with Crippen LogP contribution in [-0.2, 0) is 4.79 Å². The molecule has 0 aliphatic heterocycles. The van der Waals surface area contributed by atoms with Crippen molar-refractivity contribution in [1.82, 2.24) is 5.32 Å². The van der Waals surface area contributed by atoms with E-state index in [1.165, 1.54) is 6.08 Å². The van der Waals surface area contributed by atoms with Crippen molar-refractivity contribution in [2.24, 2.45) is 5.73 Å². The van der Waals surface area contributed by atoms with Crippen LogP contribution in [0.5, 0.6) is 0 Å². The number of nitrogens with one attached hydrogen (secondary N) is 1. The summed E-state index contributed by atoms with van der Waals surface area (Å²) in [5.41, 5.74) is 7.31. The van der Waals surface area contributed by atoms with E-state index in [4.69, 9.17) is 10.2 Å². The number of hydrogen-bond donors (Lipinski definition) is 2. The number of thiocarbonyl (C=S) groups is 1. The van der Waals surface area contributed by atoms with Gasteiger partial charge in [-0.15, -0.1) is 0 Å². The van der Waals surface area contributed by atoms with E-state index in [0.29, 0.717) is 5.76 Å². The Morgan fingerprint density at radius 3 is 2.81 bits per heavy atom. The van der Waals surface area contributed by atoms with E-state index in [1.807, 2.05) is 31.2 Å². The lowest BCUT2D eigenvalue weighted by atomic mass is 10.1. The van der Waals surface area contributed by atoms with E-state index >= 15 is 0 Å². The van der Waals surface area contributed by atoms with Gasteiger partial charge < -0.3 is 10.2 Å². The maximum absolute atomic E-state index is 11.4. The minimum Gasteiger partial charge on any atom is -0.457 e. The van der Waals surface area contributed by atoms with Crippen LogP contribution in [0.2, 0.25) is 0 Å². The predicted molar refractivity (Wildman–Crippen MR) is 90.5 cm³/mol. The minimum absolute atomic E-state index is 0.0599. The third kappa shape index (κ3) is 4.27. The van der Waals surface area contributed by atoms with Crippen LogP contribution in [0.4, 0.5) is 0 Å². The molecule has 0 atom stereocenters. The molecule has 0 unspecified atom stereocenters. The third-order valence-corrected chi connectivity index (χ3v) is 3.32. The van der Waals surface area contributed by atoms with E-state index < -0.39 is 0 Å². The average Bonchev–Trinajstić information content (AvgIpc) is 2.84. The van der Waals surface area contributed by atoms with Gasteiger partial charge in [-0.05, 0) is 61.1 Å². The number of rotatable bonds is 3. The molecule has 0 spiro atoms. The number of nitrogens with two attached hydrogens (primary N) is 1. The third-order valence-electron chi connectivity index (χ3n) is 2.73. The van der Waals surface area contributed by atoms with Crippen LogP contribution in [0.3, 0.4) is 0 Å². The normalized spacial score (nSPS) is 10.8. The van der Waals surface area contributed by atoms with Crippen molar-refractivity contribution >= 4 is 45.2 Å². The number of hydrogen-bond acceptors (Lipinski definition) is 3. The smallest absolute Gasteiger partial charge is 0.250 e. The molecular formula is C15H13BrN2O2S. The zero-order valence-electron chi connectivity index (χ0n) is 11.2. The van der Waals surface area contributed by atoms with Gasteiger partial charge in [-0.3, -0.25) is 10.1 Å². The van der Waals surface area contributed by atoms with Gasteiger partial charge in [0, 0.05) is 16.1 Å². The van der Waals surface area contributed by atoms with Crippen LogP contribution in [0.1, 0.15) is 11.3 Å². The van der Waals surface area contributed by atoms with Crippen LogP contribution >= 0.6 is 28.1 Å². The summed E-state index contributed by atoms with van der Waals surface area (Å²) in [5.74, 6) is 0.931. The maximum Gasteiger partial charge on any atom is 0.250 e. The number of amides is 1. The second-order valence-corrected chi connectivity index (χ2v) is 5.70. The average molecular weight is 365 g/mol. The molecule has 4 nitrogen and oxygen atoms in total. The van der Waals surface area contributed by atoms with Crippen LogP contribution in [0, 0.1) is 6.92 Å². The molecule has 0 bridgehead atoms. The summed E-state index contributed by atoms with van der Waals surface area (Å²) in [6.45, 7) is 2.01. The first-order chi connectivity index (χ1) is 9.95. The van der Waals surface area contributed by atoms with Gasteiger partial charge in [-0.1, -0.05) is 15.9 Å². The Hall–Kier alpha value is -1.92. The first-order valence-corrected chi connectivity index (χ1v) is 7.30. The first-order valence-electron chi connectivity index (χ1n) is 6.10.